The minimum atomic E-state index is 0.290. The molecule has 0 radical (unpaired) electrons. The predicted molar refractivity (Wildman–Crippen MR) is 68.3 cm³/mol. The van der Waals surface area contributed by atoms with Crippen molar-refractivity contribution in [3.8, 4) is 0 Å². The first-order valence-corrected chi connectivity index (χ1v) is 6.40. The third-order valence-electron chi connectivity index (χ3n) is 2.12. The van der Waals surface area contributed by atoms with E-state index >= 15 is 0 Å². The van der Waals surface area contributed by atoms with Crippen LogP contribution in [0.4, 0.5) is 5.82 Å². The van der Waals surface area contributed by atoms with E-state index in [0.717, 1.165) is 10.4 Å². The molecule has 0 fully saturated rings. The highest BCUT2D eigenvalue weighted by Crippen LogP contribution is 2.20. The highest BCUT2D eigenvalue weighted by atomic mass is 79.9. The number of thiophene rings is 1. The Morgan fingerprint density at radius 1 is 1.40 bits per heavy atom. The average Bonchev–Trinajstić information content (AvgIpc) is 2.70. The Hall–Kier alpha value is -0.870. The molecule has 0 aliphatic carbocycles. The van der Waals surface area contributed by atoms with E-state index in [4.69, 9.17) is 0 Å². The number of hydrogen-bond acceptors (Lipinski definition) is 3. The Morgan fingerprint density at radius 2 is 2.27 bits per heavy atom. The lowest BCUT2D eigenvalue weighted by Crippen LogP contribution is -2.06. The van der Waals surface area contributed by atoms with Gasteiger partial charge in [-0.3, -0.25) is 0 Å². The maximum atomic E-state index is 4.33. The fourth-order valence-electron chi connectivity index (χ4n) is 1.32. The van der Waals surface area contributed by atoms with Gasteiger partial charge in [0.2, 0.25) is 0 Å². The quantitative estimate of drug-likeness (QED) is 0.858. The van der Waals surface area contributed by atoms with Gasteiger partial charge in [-0.15, -0.1) is 0 Å². The van der Waals surface area contributed by atoms with Crippen LogP contribution in [0.3, 0.4) is 0 Å². The molecule has 1 N–H and O–H groups in total. The SMILES string of the molecule is CC(Nc1cccc(Br)n1)c1ccsc1. The summed E-state index contributed by atoms with van der Waals surface area (Å²) >= 11 is 5.06. The van der Waals surface area contributed by atoms with Crippen LogP contribution in [0.25, 0.3) is 0 Å². The summed E-state index contributed by atoms with van der Waals surface area (Å²) in [5.74, 6) is 0.892. The van der Waals surface area contributed by atoms with E-state index in [2.05, 4.69) is 50.0 Å². The summed E-state index contributed by atoms with van der Waals surface area (Å²) in [6.07, 6.45) is 0. The first-order chi connectivity index (χ1) is 7.25. The van der Waals surface area contributed by atoms with Crippen LogP contribution in [0.1, 0.15) is 18.5 Å². The van der Waals surface area contributed by atoms with Crippen molar-refractivity contribution < 1.29 is 0 Å². The van der Waals surface area contributed by atoms with Crippen molar-refractivity contribution in [1.29, 1.82) is 0 Å². The summed E-state index contributed by atoms with van der Waals surface area (Å²) in [6.45, 7) is 2.13. The molecule has 0 bridgehead atoms. The second kappa shape index (κ2) is 4.77. The molecule has 0 aliphatic heterocycles. The molecule has 2 aromatic rings. The summed E-state index contributed by atoms with van der Waals surface area (Å²) < 4.78 is 0.852. The molecule has 1 atom stereocenters. The monoisotopic (exact) mass is 282 g/mol. The molecule has 0 saturated heterocycles. The molecule has 78 valence electrons. The number of aromatic nitrogens is 1. The molecular weight excluding hydrogens is 272 g/mol. The molecule has 1 unspecified atom stereocenters. The number of nitrogens with one attached hydrogen (secondary N) is 1. The molecule has 15 heavy (non-hydrogen) atoms. The lowest BCUT2D eigenvalue weighted by molar-refractivity contribution is 0.879. The average molecular weight is 283 g/mol. The molecule has 2 heterocycles. The van der Waals surface area contributed by atoms with Crippen LogP contribution < -0.4 is 5.32 Å². The second-order valence-corrected chi connectivity index (χ2v) is 4.86. The summed E-state index contributed by atoms with van der Waals surface area (Å²) in [5.41, 5.74) is 1.29. The summed E-state index contributed by atoms with van der Waals surface area (Å²) in [5, 5.41) is 7.58. The molecule has 2 rings (SSSR count). The maximum absolute atomic E-state index is 4.33. The van der Waals surface area contributed by atoms with Crippen LogP contribution in [-0.2, 0) is 0 Å². The first kappa shape index (κ1) is 10.6. The van der Waals surface area contributed by atoms with Crippen molar-refractivity contribution in [3.05, 3.63) is 45.2 Å². The molecule has 0 amide bonds. The van der Waals surface area contributed by atoms with E-state index in [-0.39, 0.29) is 6.04 Å². The Kier molecular flexibility index (Phi) is 3.38. The Morgan fingerprint density at radius 3 is 2.93 bits per heavy atom. The van der Waals surface area contributed by atoms with Crippen molar-refractivity contribution in [2.24, 2.45) is 0 Å². The van der Waals surface area contributed by atoms with Crippen LogP contribution in [0, 0.1) is 0 Å². The van der Waals surface area contributed by atoms with Crippen molar-refractivity contribution >= 4 is 33.1 Å². The summed E-state index contributed by atoms with van der Waals surface area (Å²) in [7, 11) is 0. The van der Waals surface area contributed by atoms with Crippen molar-refractivity contribution in [2.75, 3.05) is 5.32 Å². The standard InChI is InChI=1S/C11H11BrN2S/c1-8(9-5-6-15-7-9)13-11-4-2-3-10(12)14-11/h2-8H,1H3,(H,13,14). The molecule has 2 aromatic heterocycles. The van der Waals surface area contributed by atoms with Crippen molar-refractivity contribution in [2.45, 2.75) is 13.0 Å². The van der Waals surface area contributed by atoms with Gasteiger partial charge in [0.1, 0.15) is 10.4 Å². The lowest BCUT2D eigenvalue weighted by atomic mass is 10.2. The van der Waals surface area contributed by atoms with Gasteiger partial charge in [0, 0.05) is 0 Å². The van der Waals surface area contributed by atoms with Gasteiger partial charge in [-0.25, -0.2) is 4.98 Å². The molecular formula is C11H11BrN2S. The molecule has 2 nitrogen and oxygen atoms in total. The zero-order valence-corrected chi connectivity index (χ0v) is 10.7. The summed E-state index contributed by atoms with van der Waals surface area (Å²) in [4.78, 5) is 4.33. The van der Waals surface area contributed by atoms with Gasteiger partial charge in [0.05, 0.1) is 6.04 Å². The van der Waals surface area contributed by atoms with Gasteiger partial charge in [0.25, 0.3) is 0 Å². The van der Waals surface area contributed by atoms with Gasteiger partial charge >= 0.3 is 0 Å². The van der Waals surface area contributed by atoms with E-state index < -0.39 is 0 Å². The van der Waals surface area contributed by atoms with E-state index in [1.54, 1.807) is 11.3 Å². The topological polar surface area (TPSA) is 24.9 Å². The largest absolute Gasteiger partial charge is 0.363 e. The van der Waals surface area contributed by atoms with Crippen LogP contribution in [0.5, 0.6) is 0 Å². The van der Waals surface area contributed by atoms with E-state index in [9.17, 15) is 0 Å². The van der Waals surface area contributed by atoms with Gasteiger partial charge in [0.15, 0.2) is 0 Å². The molecule has 0 spiro atoms. The molecule has 0 aliphatic rings. The van der Waals surface area contributed by atoms with Crippen LogP contribution in [-0.4, -0.2) is 4.98 Å². The highest BCUT2D eigenvalue weighted by Gasteiger charge is 2.05. The van der Waals surface area contributed by atoms with Crippen LogP contribution in [0.15, 0.2) is 39.6 Å². The normalized spacial score (nSPS) is 12.4. The zero-order valence-electron chi connectivity index (χ0n) is 8.27. The molecule has 0 aromatic carbocycles. The predicted octanol–water partition coefficient (Wildman–Crippen LogP) is 4.08. The first-order valence-electron chi connectivity index (χ1n) is 4.67. The second-order valence-electron chi connectivity index (χ2n) is 3.27. The number of hydrogen-bond donors (Lipinski definition) is 1. The van der Waals surface area contributed by atoms with Gasteiger partial charge in [-0.05, 0) is 57.4 Å². The lowest BCUT2D eigenvalue weighted by Gasteiger charge is -2.13. The Labute approximate surface area is 101 Å². The number of nitrogens with zero attached hydrogens (tertiary/aromatic N) is 1. The molecule has 4 heteroatoms. The minimum Gasteiger partial charge on any atom is -0.363 e. The number of rotatable bonds is 3. The van der Waals surface area contributed by atoms with Crippen LogP contribution >= 0.6 is 27.3 Å². The smallest absolute Gasteiger partial charge is 0.127 e. The fourth-order valence-corrected chi connectivity index (χ4v) is 2.41. The number of halogens is 1. The zero-order chi connectivity index (χ0) is 10.7. The number of pyridine rings is 1. The van der Waals surface area contributed by atoms with Crippen LogP contribution in [0.2, 0.25) is 0 Å². The third kappa shape index (κ3) is 2.79. The number of anilines is 1. The Bertz CT molecular complexity index is 428. The highest BCUT2D eigenvalue weighted by molar-refractivity contribution is 9.10. The maximum Gasteiger partial charge on any atom is 0.127 e. The van der Waals surface area contributed by atoms with E-state index in [0.29, 0.717) is 0 Å². The molecule has 0 saturated carbocycles. The third-order valence-corrected chi connectivity index (χ3v) is 3.27. The van der Waals surface area contributed by atoms with Gasteiger partial charge < -0.3 is 5.32 Å². The van der Waals surface area contributed by atoms with Crippen molar-refractivity contribution in [3.63, 3.8) is 0 Å². The van der Waals surface area contributed by atoms with Crippen molar-refractivity contribution in [1.82, 2.24) is 4.98 Å². The Balaban J connectivity index is 2.09. The van der Waals surface area contributed by atoms with Gasteiger partial charge in [-0.1, -0.05) is 6.07 Å². The minimum absolute atomic E-state index is 0.290. The fraction of sp³-hybridized carbons (Fsp3) is 0.182. The van der Waals surface area contributed by atoms with E-state index in [1.165, 1.54) is 5.56 Å². The summed E-state index contributed by atoms with van der Waals surface area (Å²) in [6, 6.07) is 8.27. The van der Waals surface area contributed by atoms with Gasteiger partial charge in [-0.2, -0.15) is 11.3 Å². The van der Waals surface area contributed by atoms with E-state index in [1.807, 2.05) is 18.2 Å².